The molecule has 8 nitrogen and oxygen atoms in total. The Morgan fingerprint density at radius 3 is 2.33 bits per heavy atom. The van der Waals surface area contributed by atoms with Crippen LogP contribution in [-0.2, 0) is 12.8 Å². The molecule has 0 radical (unpaired) electrons. The van der Waals surface area contributed by atoms with Crippen LogP contribution in [0.4, 0.5) is 30.2 Å². The number of rotatable bonds is 8. The second-order valence-electron chi connectivity index (χ2n) is 9.86. The first-order chi connectivity index (χ1) is 20.2. The topological polar surface area (TPSA) is 96.5 Å². The molecule has 216 valence electrons. The average Bonchev–Trinajstić information content (AvgIpc) is 3.53. The smallest absolute Gasteiger partial charge is 0.416 e. The van der Waals surface area contributed by atoms with Crippen molar-refractivity contribution in [2.24, 2.45) is 0 Å². The fraction of sp³-hybridized carbons (Fsp3) is 0.226. The normalized spacial score (nSPS) is 13.1. The molecule has 4 aromatic rings. The molecule has 0 saturated carbocycles. The molecule has 0 bridgehead atoms. The molecule has 3 heterocycles. The lowest BCUT2D eigenvalue weighted by molar-refractivity contribution is -0.137. The van der Waals surface area contributed by atoms with Gasteiger partial charge in [-0.05, 0) is 80.4 Å². The number of aromatic nitrogens is 2. The predicted octanol–water partition coefficient (Wildman–Crippen LogP) is 6.49. The number of halogens is 3. The maximum atomic E-state index is 13.6. The highest BCUT2D eigenvalue weighted by molar-refractivity contribution is 6.08. The van der Waals surface area contributed by atoms with Crippen LogP contribution in [0.3, 0.4) is 0 Å². The molecule has 11 heteroatoms. The summed E-state index contributed by atoms with van der Waals surface area (Å²) < 4.78 is 46.5. The number of carbonyl (C=O) groups is 2. The zero-order valence-electron chi connectivity index (χ0n) is 22.7. The van der Waals surface area contributed by atoms with E-state index in [0.717, 1.165) is 30.7 Å². The van der Waals surface area contributed by atoms with Crippen molar-refractivity contribution in [1.29, 1.82) is 0 Å². The predicted molar refractivity (Wildman–Crippen MR) is 153 cm³/mol. The van der Waals surface area contributed by atoms with Gasteiger partial charge in [-0.15, -0.1) is 0 Å². The van der Waals surface area contributed by atoms with E-state index in [0.29, 0.717) is 42.5 Å². The zero-order chi connectivity index (χ0) is 29.7. The van der Waals surface area contributed by atoms with Crippen LogP contribution < -0.4 is 20.3 Å². The number of nitrogens with zero attached hydrogens (tertiary/aromatic N) is 3. The summed E-state index contributed by atoms with van der Waals surface area (Å²) in [5.74, 6) is -0.600. The summed E-state index contributed by atoms with van der Waals surface area (Å²) in [6.07, 6.45) is 0.186. The molecule has 1 aliphatic heterocycles. The van der Waals surface area contributed by atoms with Crippen molar-refractivity contribution in [3.05, 3.63) is 107 Å². The van der Waals surface area contributed by atoms with Gasteiger partial charge in [0, 0.05) is 36.2 Å². The number of aryl methyl sites for hydroxylation is 1. The van der Waals surface area contributed by atoms with Gasteiger partial charge >= 0.3 is 6.18 Å². The van der Waals surface area contributed by atoms with Crippen LogP contribution in [0, 0.1) is 6.92 Å². The SMILES string of the molecule is Cc1ncc(NC(=O)c2cc(N3CCCC3)cc(C(F)(F)F)c2)cc1C(=O)Nc1ccc(OCc2ccccn2)cc1. The Bertz CT molecular complexity index is 1570. The van der Waals surface area contributed by atoms with Crippen LogP contribution in [-0.4, -0.2) is 34.9 Å². The lowest BCUT2D eigenvalue weighted by Gasteiger charge is -2.20. The summed E-state index contributed by atoms with van der Waals surface area (Å²) in [6.45, 7) is 3.20. The van der Waals surface area contributed by atoms with Crippen molar-refractivity contribution in [1.82, 2.24) is 9.97 Å². The van der Waals surface area contributed by atoms with Gasteiger partial charge in [-0.1, -0.05) is 6.07 Å². The van der Waals surface area contributed by atoms with Crippen molar-refractivity contribution in [3.8, 4) is 5.75 Å². The fourth-order valence-corrected chi connectivity index (χ4v) is 4.57. The Morgan fingerprint density at radius 2 is 1.64 bits per heavy atom. The van der Waals surface area contributed by atoms with Crippen molar-refractivity contribution in [3.63, 3.8) is 0 Å². The molecule has 2 amide bonds. The fourth-order valence-electron chi connectivity index (χ4n) is 4.57. The minimum atomic E-state index is -4.61. The summed E-state index contributed by atoms with van der Waals surface area (Å²) >= 11 is 0. The van der Waals surface area contributed by atoms with E-state index >= 15 is 0 Å². The highest BCUT2D eigenvalue weighted by atomic mass is 19.4. The number of benzene rings is 2. The molecule has 2 aromatic carbocycles. The van der Waals surface area contributed by atoms with Gasteiger partial charge in [0.05, 0.1) is 34.4 Å². The molecule has 0 aliphatic carbocycles. The summed E-state index contributed by atoms with van der Waals surface area (Å²) in [7, 11) is 0. The van der Waals surface area contributed by atoms with E-state index in [1.165, 1.54) is 18.3 Å². The monoisotopic (exact) mass is 575 g/mol. The first-order valence-electron chi connectivity index (χ1n) is 13.3. The van der Waals surface area contributed by atoms with Crippen molar-refractivity contribution in [2.75, 3.05) is 28.6 Å². The van der Waals surface area contributed by atoms with Gasteiger partial charge in [-0.2, -0.15) is 13.2 Å². The number of hydrogen-bond donors (Lipinski definition) is 2. The maximum absolute atomic E-state index is 13.6. The second-order valence-corrected chi connectivity index (χ2v) is 9.86. The van der Waals surface area contributed by atoms with Gasteiger partial charge in [-0.25, -0.2) is 0 Å². The summed E-state index contributed by atoms with van der Waals surface area (Å²) in [4.78, 5) is 36.3. The number of hydrogen-bond acceptors (Lipinski definition) is 6. The number of anilines is 3. The third-order valence-electron chi connectivity index (χ3n) is 6.79. The van der Waals surface area contributed by atoms with E-state index in [1.807, 2.05) is 23.1 Å². The lowest BCUT2D eigenvalue weighted by atomic mass is 10.1. The second kappa shape index (κ2) is 12.3. The lowest BCUT2D eigenvalue weighted by Crippen LogP contribution is -2.21. The quantitative estimate of drug-likeness (QED) is 0.249. The van der Waals surface area contributed by atoms with Crippen LogP contribution >= 0.6 is 0 Å². The molecule has 0 unspecified atom stereocenters. The van der Waals surface area contributed by atoms with E-state index in [4.69, 9.17) is 4.74 Å². The number of nitrogens with one attached hydrogen (secondary N) is 2. The number of amides is 2. The zero-order valence-corrected chi connectivity index (χ0v) is 22.7. The van der Waals surface area contributed by atoms with E-state index in [-0.39, 0.29) is 16.8 Å². The molecule has 2 N–H and O–H groups in total. The van der Waals surface area contributed by atoms with Crippen LogP contribution in [0.25, 0.3) is 0 Å². The minimum absolute atomic E-state index is 0.136. The van der Waals surface area contributed by atoms with E-state index in [9.17, 15) is 22.8 Å². The molecule has 5 rings (SSSR count). The van der Waals surface area contributed by atoms with Crippen molar-refractivity contribution >= 4 is 28.9 Å². The van der Waals surface area contributed by atoms with Crippen molar-refractivity contribution in [2.45, 2.75) is 32.5 Å². The Labute approximate surface area is 240 Å². The summed E-state index contributed by atoms with van der Waals surface area (Å²) in [6, 6.07) is 17.1. The molecule has 42 heavy (non-hydrogen) atoms. The van der Waals surface area contributed by atoms with Crippen LogP contribution in [0.15, 0.2) is 79.1 Å². The Balaban J connectivity index is 1.27. The van der Waals surface area contributed by atoms with Crippen LogP contribution in [0.5, 0.6) is 5.75 Å². The van der Waals surface area contributed by atoms with E-state index in [1.54, 1.807) is 37.4 Å². The molecule has 0 spiro atoms. The maximum Gasteiger partial charge on any atom is 0.416 e. The van der Waals surface area contributed by atoms with Crippen LogP contribution in [0.1, 0.15) is 50.5 Å². The minimum Gasteiger partial charge on any atom is -0.487 e. The highest BCUT2D eigenvalue weighted by Gasteiger charge is 2.32. The number of alkyl halides is 3. The highest BCUT2D eigenvalue weighted by Crippen LogP contribution is 2.34. The number of pyridine rings is 2. The van der Waals surface area contributed by atoms with E-state index < -0.39 is 23.6 Å². The third kappa shape index (κ3) is 7.03. The van der Waals surface area contributed by atoms with Gasteiger partial charge in [0.15, 0.2) is 0 Å². The first-order valence-corrected chi connectivity index (χ1v) is 13.3. The third-order valence-corrected chi connectivity index (χ3v) is 6.79. The van der Waals surface area contributed by atoms with E-state index in [2.05, 4.69) is 20.6 Å². The summed E-state index contributed by atoms with van der Waals surface area (Å²) in [5.41, 5.74) is 1.40. The Hall–Kier alpha value is -4.93. The molecular weight excluding hydrogens is 547 g/mol. The molecule has 0 atom stereocenters. The molecule has 1 saturated heterocycles. The van der Waals surface area contributed by atoms with Gasteiger partial charge in [0.2, 0.25) is 0 Å². The Kier molecular flexibility index (Phi) is 8.37. The molecule has 2 aromatic heterocycles. The van der Waals surface area contributed by atoms with Crippen molar-refractivity contribution < 1.29 is 27.5 Å². The Morgan fingerprint density at radius 1 is 0.905 bits per heavy atom. The number of carbonyl (C=O) groups excluding carboxylic acids is 2. The average molecular weight is 576 g/mol. The standard InChI is InChI=1S/C31H28F3N5O3/c1-20-28(30(41)37-23-7-9-27(10-8-23)42-19-24-6-2-3-11-35-24)17-25(18-36-20)38-29(40)21-14-22(31(32,33)34)16-26(15-21)39-12-4-5-13-39/h2-3,6-11,14-18H,4-5,12-13,19H2,1H3,(H,37,41)(H,38,40). The first kappa shape index (κ1) is 28.6. The van der Waals surface area contributed by atoms with Gasteiger partial charge in [0.25, 0.3) is 11.8 Å². The van der Waals surface area contributed by atoms with Crippen LogP contribution in [0.2, 0.25) is 0 Å². The largest absolute Gasteiger partial charge is 0.487 e. The molecule has 1 aliphatic rings. The number of ether oxygens (including phenoxy) is 1. The molecular formula is C31H28F3N5O3. The van der Waals surface area contributed by atoms with Gasteiger partial charge < -0.3 is 20.3 Å². The van der Waals surface area contributed by atoms with Gasteiger partial charge in [0.1, 0.15) is 12.4 Å². The molecule has 1 fully saturated rings. The summed E-state index contributed by atoms with van der Waals surface area (Å²) in [5, 5.41) is 5.37. The van der Waals surface area contributed by atoms with Gasteiger partial charge in [-0.3, -0.25) is 19.6 Å².